The van der Waals surface area contributed by atoms with E-state index in [9.17, 15) is 4.79 Å². The third-order valence-electron chi connectivity index (χ3n) is 4.45. The van der Waals surface area contributed by atoms with Gasteiger partial charge in [-0.3, -0.25) is 9.69 Å². The van der Waals surface area contributed by atoms with E-state index >= 15 is 0 Å². The molecule has 3 heteroatoms. The molecule has 0 aromatic heterocycles. The summed E-state index contributed by atoms with van der Waals surface area (Å²) in [6, 6.07) is 1.28. The molecule has 0 amide bonds. The summed E-state index contributed by atoms with van der Waals surface area (Å²) < 4.78 is 0. The number of rotatable bonds is 5. The third-order valence-corrected chi connectivity index (χ3v) is 4.45. The van der Waals surface area contributed by atoms with E-state index in [4.69, 9.17) is 5.11 Å². The number of hydrogen-bond acceptors (Lipinski definition) is 2. The predicted octanol–water partition coefficient (Wildman–Crippen LogP) is 2.89. The maximum Gasteiger partial charge on any atom is 0.304 e. The zero-order chi connectivity index (χ0) is 12.5. The highest BCUT2D eigenvalue weighted by Crippen LogP contribution is 2.42. The number of hydrogen-bond donors (Lipinski definition) is 1. The van der Waals surface area contributed by atoms with Crippen molar-refractivity contribution in [1.82, 2.24) is 4.90 Å². The molecule has 2 rings (SSSR count). The monoisotopic (exact) mass is 239 g/mol. The highest BCUT2D eigenvalue weighted by Gasteiger charge is 2.41. The molecule has 2 aliphatic rings. The van der Waals surface area contributed by atoms with Gasteiger partial charge in [0.1, 0.15) is 0 Å². The van der Waals surface area contributed by atoms with Gasteiger partial charge < -0.3 is 5.11 Å². The molecule has 0 aromatic rings. The van der Waals surface area contributed by atoms with E-state index < -0.39 is 5.97 Å². The van der Waals surface area contributed by atoms with Gasteiger partial charge in [-0.2, -0.15) is 0 Å². The van der Waals surface area contributed by atoms with Crippen molar-refractivity contribution in [2.45, 2.75) is 70.9 Å². The molecule has 17 heavy (non-hydrogen) atoms. The lowest BCUT2D eigenvalue weighted by molar-refractivity contribution is -0.137. The van der Waals surface area contributed by atoms with Crippen molar-refractivity contribution < 1.29 is 9.90 Å². The molecule has 0 saturated heterocycles. The lowest BCUT2D eigenvalue weighted by atomic mass is 9.72. The minimum absolute atomic E-state index is 0.295. The topological polar surface area (TPSA) is 40.5 Å². The van der Waals surface area contributed by atoms with Gasteiger partial charge in [-0.25, -0.2) is 0 Å². The van der Waals surface area contributed by atoms with E-state index in [-0.39, 0.29) is 0 Å². The molecule has 2 aliphatic carbocycles. The first-order valence-electron chi connectivity index (χ1n) is 6.98. The summed E-state index contributed by atoms with van der Waals surface area (Å²) in [5, 5.41) is 8.87. The van der Waals surface area contributed by atoms with E-state index in [0.717, 1.165) is 6.54 Å². The lowest BCUT2D eigenvalue weighted by Gasteiger charge is -2.45. The van der Waals surface area contributed by atoms with Gasteiger partial charge in [0.05, 0.1) is 6.42 Å². The molecule has 0 heterocycles. The molecule has 1 atom stereocenters. The number of carbonyl (C=O) groups is 1. The molecule has 0 spiro atoms. The second-order valence-corrected chi connectivity index (χ2v) is 6.36. The third kappa shape index (κ3) is 3.21. The van der Waals surface area contributed by atoms with Crippen LogP contribution in [-0.4, -0.2) is 34.6 Å². The molecule has 0 radical (unpaired) electrons. The van der Waals surface area contributed by atoms with Crippen molar-refractivity contribution in [3.63, 3.8) is 0 Å². The summed E-state index contributed by atoms with van der Waals surface area (Å²) in [4.78, 5) is 13.3. The Hall–Kier alpha value is -0.570. The summed E-state index contributed by atoms with van der Waals surface area (Å²) >= 11 is 0. The Morgan fingerprint density at radius 3 is 2.53 bits per heavy atom. The van der Waals surface area contributed by atoms with E-state index in [1.54, 1.807) is 0 Å². The number of carboxylic acid groups (broad SMARTS) is 1. The van der Waals surface area contributed by atoms with E-state index in [0.29, 0.717) is 23.9 Å². The van der Waals surface area contributed by atoms with Gasteiger partial charge in [0, 0.05) is 18.6 Å². The fourth-order valence-corrected chi connectivity index (χ4v) is 3.31. The van der Waals surface area contributed by atoms with Crippen LogP contribution in [0.3, 0.4) is 0 Å². The van der Waals surface area contributed by atoms with Gasteiger partial charge in [-0.1, -0.05) is 26.7 Å². The molecule has 0 aliphatic heterocycles. The number of carboxylic acids is 1. The van der Waals surface area contributed by atoms with Gasteiger partial charge >= 0.3 is 5.97 Å². The van der Waals surface area contributed by atoms with Crippen LogP contribution in [0.1, 0.15) is 58.8 Å². The first kappa shape index (κ1) is 12.9. The molecular formula is C14H25NO2. The van der Waals surface area contributed by atoms with Crippen LogP contribution in [-0.2, 0) is 4.79 Å². The smallest absolute Gasteiger partial charge is 0.304 e. The van der Waals surface area contributed by atoms with Crippen LogP contribution in [0.25, 0.3) is 0 Å². The van der Waals surface area contributed by atoms with Crippen molar-refractivity contribution in [3.05, 3.63) is 0 Å². The fraction of sp³-hybridized carbons (Fsp3) is 0.929. The average molecular weight is 239 g/mol. The van der Waals surface area contributed by atoms with Crippen molar-refractivity contribution in [3.8, 4) is 0 Å². The fourth-order valence-electron chi connectivity index (χ4n) is 3.31. The van der Waals surface area contributed by atoms with Gasteiger partial charge in [-0.05, 0) is 31.1 Å². The molecule has 98 valence electrons. The zero-order valence-electron chi connectivity index (χ0n) is 11.1. The van der Waals surface area contributed by atoms with Crippen molar-refractivity contribution in [2.24, 2.45) is 5.41 Å². The van der Waals surface area contributed by atoms with Gasteiger partial charge in [0.25, 0.3) is 0 Å². The van der Waals surface area contributed by atoms with Crippen LogP contribution < -0.4 is 0 Å². The Bertz CT molecular complexity index is 284. The van der Waals surface area contributed by atoms with Crippen molar-refractivity contribution in [2.75, 3.05) is 6.54 Å². The first-order chi connectivity index (χ1) is 8.00. The first-order valence-corrected chi connectivity index (χ1v) is 6.98. The van der Waals surface area contributed by atoms with Gasteiger partial charge in [0.2, 0.25) is 0 Å². The summed E-state index contributed by atoms with van der Waals surface area (Å²) in [5.74, 6) is -0.663. The van der Waals surface area contributed by atoms with E-state index in [1.807, 2.05) is 0 Å². The van der Waals surface area contributed by atoms with E-state index in [1.165, 1.54) is 38.5 Å². The molecule has 0 bridgehead atoms. The maximum absolute atomic E-state index is 10.8. The normalized spacial score (nSPS) is 28.3. The minimum atomic E-state index is -0.663. The van der Waals surface area contributed by atoms with Crippen LogP contribution in [0.4, 0.5) is 0 Å². The predicted molar refractivity (Wildman–Crippen MR) is 68.0 cm³/mol. The Morgan fingerprint density at radius 2 is 2.00 bits per heavy atom. The Labute approximate surface area is 104 Å². The Balaban J connectivity index is 2.00. The highest BCUT2D eigenvalue weighted by molar-refractivity contribution is 5.66. The average Bonchev–Trinajstić information content (AvgIpc) is 3.03. The van der Waals surface area contributed by atoms with Crippen molar-refractivity contribution in [1.29, 1.82) is 0 Å². The van der Waals surface area contributed by atoms with Crippen LogP contribution in [0, 0.1) is 5.41 Å². The number of aliphatic carboxylic acids is 1. The van der Waals surface area contributed by atoms with Crippen molar-refractivity contribution >= 4 is 5.97 Å². The minimum Gasteiger partial charge on any atom is -0.481 e. The van der Waals surface area contributed by atoms with Gasteiger partial charge in [0.15, 0.2) is 0 Å². The van der Waals surface area contributed by atoms with Crippen LogP contribution in [0.15, 0.2) is 0 Å². The maximum atomic E-state index is 10.8. The van der Waals surface area contributed by atoms with E-state index in [2.05, 4.69) is 18.7 Å². The lowest BCUT2D eigenvalue weighted by Crippen LogP contribution is -2.48. The molecule has 2 saturated carbocycles. The Kier molecular flexibility index (Phi) is 3.76. The highest BCUT2D eigenvalue weighted by atomic mass is 16.4. The molecule has 3 nitrogen and oxygen atoms in total. The quantitative estimate of drug-likeness (QED) is 0.802. The second kappa shape index (κ2) is 4.97. The summed E-state index contributed by atoms with van der Waals surface area (Å²) in [6.45, 7) is 5.45. The summed E-state index contributed by atoms with van der Waals surface area (Å²) in [6.07, 6.45) is 8.02. The largest absolute Gasteiger partial charge is 0.481 e. The molecule has 1 unspecified atom stereocenters. The standard InChI is InChI=1S/C14H25NO2/c1-14(2)9-4-3-5-12(14)15(11-6-7-11)10-8-13(16)17/h11-12H,3-10H2,1-2H3,(H,16,17). The molecular weight excluding hydrogens is 214 g/mol. The summed E-state index contributed by atoms with van der Waals surface area (Å²) in [7, 11) is 0. The Morgan fingerprint density at radius 1 is 1.29 bits per heavy atom. The van der Waals surface area contributed by atoms with Crippen LogP contribution >= 0.6 is 0 Å². The summed E-state index contributed by atoms with van der Waals surface area (Å²) in [5.41, 5.74) is 0.360. The number of nitrogens with zero attached hydrogens (tertiary/aromatic N) is 1. The second-order valence-electron chi connectivity index (χ2n) is 6.36. The SMILES string of the molecule is CC1(C)CCCCC1N(CCC(=O)O)C1CC1. The molecule has 1 N–H and O–H groups in total. The molecule has 2 fully saturated rings. The zero-order valence-corrected chi connectivity index (χ0v) is 11.1. The van der Waals surface area contributed by atoms with Crippen LogP contribution in [0.5, 0.6) is 0 Å². The van der Waals surface area contributed by atoms with Gasteiger partial charge in [-0.15, -0.1) is 0 Å². The molecule has 0 aromatic carbocycles. The van der Waals surface area contributed by atoms with Crippen LogP contribution in [0.2, 0.25) is 0 Å².